The number of carbonyl (C=O) groups excluding carboxylic acids is 1. The van der Waals surface area contributed by atoms with Crippen LogP contribution in [0.25, 0.3) is 10.9 Å². The number of aromatic nitrogens is 2. The normalized spacial score (nSPS) is 20.9. The van der Waals surface area contributed by atoms with Gasteiger partial charge in [-0.3, -0.25) is 14.2 Å². The van der Waals surface area contributed by atoms with Gasteiger partial charge in [-0.25, -0.2) is 4.98 Å². The van der Waals surface area contributed by atoms with Gasteiger partial charge in [-0.1, -0.05) is 19.1 Å². The topological polar surface area (TPSA) is 68.4 Å². The zero-order valence-electron chi connectivity index (χ0n) is 14.1. The van der Waals surface area contributed by atoms with Gasteiger partial charge >= 0.3 is 0 Å². The molecule has 1 fully saturated rings. The Balaban J connectivity index is 1.60. The Morgan fingerprint density at radius 2 is 2.08 bits per heavy atom. The van der Waals surface area contributed by atoms with Crippen molar-refractivity contribution in [1.82, 2.24) is 14.9 Å². The molecule has 2 N–H and O–H groups in total. The standard InChI is InChI=1S/C18H24N4O2/c1-2-9-21-10-7-14(8-11-21)20-17(23)12-22-13-19-16-6-4-3-5-15(16)18(22)24/h3-6,13-14H,2,7-12H2,1H3,(H,20,23)/p+1. The molecule has 2 aromatic rings. The highest BCUT2D eigenvalue weighted by molar-refractivity contribution is 5.79. The minimum absolute atomic E-state index is 0.0265. The van der Waals surface area contributed by atoms with E-state index in [2.05, 4.69) is 17.2 Å². The van der Waals surface area contributed by atoms with E-state index in [9.17, 15) is 9.59 Å². The largest absolute Gasteiger partial charge is 0.351 e. The molecule has 2 heterocycles. The molecule has 6 nitrogen and oxygen atoms in total. The van der Waals surface area contributed by atoms with Crippen molar-refractivity contribution in [2.45, 2.75) is 38.8 Å². The Morgan fingerprint density at radius 1 is 1.33 bits per heavy atom. The quantitative estimate of drug-likeness (QED) is 0.809. The number of fused-ring (bicyclic) bond motifs is 1. The SMILES string of the molecule is CCC[NH+]1CCC(NC(=O)Cn2cnc3ccccc3c2=O)CC1. The monoisotopic (exact) mass is 329 g/mol. The summed E-state index contributed by atoms with van der Waals surface area (Å²) in [4.78, 5) is 30.6. The molecule has 6 heteroatoms. The Labute approximate surface area is 141 Å². The smallest absolute Gasteiger partial charge is 0.261 e. The minimum atomic E-state index is -0.169. The van der Waals surface area contributed by atoms with Crippen molar-refractivity contribution in [3.63, 3.8) is 0 Å². The van der Waals surface area contributed by atoms with E-state index in [0.29, 0.717) is 10.9 Å². The van der Waals surface area contributed by atoms with E-state index in [-0.39, 0.29) is 24.1 Å². The summed E-state index contributed by atoms with van der Waals surface area (Å²) in [6, 6.07) is 7.42. The summed E-state index contributed by atoms with van der Waals surface area (Å²) >= 11 is 0. The molecule has 0 radical (unpaired) electrons. The van der Waals surface area contributed by atoms with E-state index in [0.717, 1.165) is 25.9 Å². The number of rotatable bonds is 5. The lowest BCUT2D eigenvalue weighted by Gasteiger charge is -2.29. The molecule has 0 spiro atoms. The summed E-state index contributed by atoms with van der Waals surface area (Å²) in [5, 5.41) is 3.61. The fourth-order valence-corrected chi connectivity index (χ4v) is 3.42. The number of para-hydroxylation sites is 1. The third kappa shape index (κ3) is 3.82. The number of nitrogens with zero attached hydrogens (tertiary/aromatic N) is 2. The molecular formula is C18H25N4O2+. The second-order valence-electron chi connectivity index (χ2n) is 6.54. The number of hydrogen-bond acceptors (Lipinski definition) is 3. The molecule has 1 aliphatic rings. The third-order valence-corrected chi connectivity index (χ3v) is 4.71. The molecule has 0 atom stereocenters. The maximum atomic E-state index is 12.4. The minimum Gasteiger partial charge on any atom is -0.351 e. The molecule has 1 aromatic heterocycles. The zero-order valence-corrected chi connectivity index (χ0v) is 14.1. The predicted octanol–water partition coefficient (Wildman–Crippen LogP) is -0.0300. The predicted molar refractivity (Wildman–Crippen MR) is 93.0 cm³/mol. The molecule has 3 rings (SSSR count). The van der Waals surface area contributed by atoms with Gasteiger partial charge in [0.05, 0.1) is 36.9 Å². The lowest BCUT2D eigenvalue weighted by Crippen LogP contribution is -3.13. The molecular weight excluding hydrogens is 304 g/mol. The van der Waals surface area contributed by atoms with Gasteiger partial charge in [0.25, 0.3) is 5.56 Å². The van der Waals surface area contributed by atoms with Crippen molar-refractivity contribution < 1.29 is 9.69 Å². The van der Waals surface area contributed by atoms with E-state index in [1.165, 1.54) is 23.9 Å². The molecule has 0 aliphatic carbocycles. The highest BCUT2D eigenvalue weighted by Gasteiger charge is 2.22. The lowest BCUT2D eigenvalue weighted by molar-refractivity contribution is -0.905. The Hall–Kier alpha value is -2.21. The van der Waals surface area contributed by atoms with Crippen LogP contribution in [0.15, 0.2) is 35.4 Å². The Bertz CT molecular complexity index is 763. The van der Waals surface area contributed by atoms with Gasteiger partial charge in [-0.15, -0.1) is 0 Å². The first-order valence-corrected chi connectivity index (χ1v) is 8.74. The first-order chi connectivity index (χ1) is 11.7. The summed E-state index contributed by atoms with van der Waals surface area (Å²) in [7, 11) is 0. The van der Waals surface area contributed by atoms with Gasteiger partial charge in [0.2, 0.25) is 5.91 Å². The average molecular weight is 329 g/mol. The number of carbonyl (C=O) groups is 1. The van der Waals surface area contributed by atoms with E-state index < -0.39 is 0 Å². The van der Waals surface area contributed by atoms with Crippen molar-refractivity contribution in [2.24, 2.45) is 0 Å². The summed E-state index contributed by atoms with van der Waals surface area (Å²) in [5.41, 5.74) is 0.489. The third-order valence-electron chi connectivity index (χ3n) is 4.71. The van der Waals surface area contributed by atoms with Crippen LogP contribution < -0.4 is 15.8 Å². The van der Waals surface area contributed by atoms with Crippen LogP contribution in [0.2, 0.25) is 0 Å². The highest BCUT2D eigenvalue weighted by atomic mass is 16.2. The summed E-state index contributed by atoms with van der Waals surface area (Å²) in [6.07, 6.45) is 4.67. The highest BCUT2D eigenvalue weighted by Crippen LogP contribution is 2.05. The van der Waals surface area contributed by atoms with Crippen molar-refractivity contribution in [1.29, 1.82) is 0 Å². The molecule has 24 heavy (non-hydrogen) atoms. The summed E-state index contributed by atoms with van der Waals surface area (Å²) in [5.74, 6) is -0.113. The van der Waals surface area contributed by atoms with Gasteiger partial charge < -0.3 is 10.2 Å². The van der Waals surface area contributed by atoms with Crippen LogP contribution >= 0.6 is 0 Å². The first-order valence-electron chi connectivity index (χ1n) is 8.74. The van der Waals surface area contributed by atoms with Crippen molar-refractivity contribution >= 4 is 16.8 Å². The Kier molecular flexibility index (Phi) is 5.25. The van der Waals surface area contributed by atoms with Gasteiger partial charge in [0.15, 0.2) is 0 Å². The zero-order chi connectivity index (χ0) is 16.9. The molecule has 1 aromatic carbocycles. The van der Waals surface area contributed by atoms with Gasteiger partial charge in [0, 0.05) is 18.9 Å². The number of likely N-dealkylation sites (tertiary alicyclic amines) is 1. The maximum absolute atomic E-state index is 12.4. The van der Waals surface area contributed by atoms with Crippen LogP contribution in [0.5, 0.6) is 0 Å². The fourth-order valence-electron chi connectivity index (χ4n) is 3.42. The van der Waals surface area contributed by atoms with Crippen LogP contribution in [-0.4, -0.2) is 41.1 Å². The van der Waals surface area contributed by atoms with Crippen LogP contribution in [0, 0.1) is 0 Å². The number of hydrogen-bond donors (Lipinski definition) is 2. The number of nitrogens with one attached hydrogen (secondary N) is 2. The van der Waals surface area contributed by atoms with E-state index >= 15 is 0 Å². The van der Waals surface area contributed by atoms with Gasteiger partial charge in [-0.05, 0) is 18.6 Å². The van der Waals surface area contributed by atoms with E-state index in [4.69, 9.17) is 0 Å². The van der Waals surface area contributed by atoms with Gasteiger partial charge in [-0.2, -0.15) is 0 Å². The molecule has 0 unspecified atom stereocenters. The second kappa shape index (κ2) is 7.57. The molecule has 128 valence electrons. The van der Waals surface area contributed by atoms with Crippen molar-refractivity contribution in [3.05, 3.63) is 40.9 Å². The van der Waals surface area contributed by atoms with E-state index in [1.54, 1.807) is 17.0 Å². The molecule has 1 saturated heterocycles. The number of benzene rings is 1. The lowest BCUT2D eigenvalue weighted by atomic mass is 10.0. The molecule has 0 bridgehead atoms. The second-order valence-corrected chi connectivity index (χ2v) is 6.54. The van der Waals surface area contributed by atoms with Crippen LogP contribution in [-0.2, 0) is 11.3 Å². The molecule has 1 aliphatic heterocycles. The molecule has 0 saturated carbocycles. The van der Waals surface area contributed by atoms with Crippen LogP contribution in [0.3, 0.4) is 0 Å². The average Bonchev–Trinajstić information content (AvgIpc) is 2.60. The Morgan fingerprint density at radius 3 is 2.83 bits per heavy atom. The van der Waals surface area contributed by atoms with Crippen molar-refractivity contribution in [2.75, 3.05) is 19.6 Å². The summed E-state index contributed by atoms with van der Waals surface area (Å²) < 4.78 is 1.38. The van der Waals surface area contributed by atoms with Crippen LogP contribution in [0.4, 0.5) is 0 Å². The number of quaternary nitrogens is 1. The van der Waals surface area contributed by atoms with Gasteiger partial charge in [0.1, 0.15) is 6.54 Å². The fraction of sp³-hybridized carbons (Fsp3) is 0.500. The molecule has 1 amide bonds. The number of piperidine rings is 1. The van der Waals surface area contributed by atoms with Crippen molar-refractivity contribution in [3.8, 4) is 0 Å². The first kappa shape index (κ1) is 16.6. The maximum Gasteiger partial charge on any atom is 0.261 e. The number of amides is 1. The summed E-state index contributed by atoms with van der Waals surface area (Å²) in [6.45, 7) is 5.65. The van der Waals surface area contributed by atoms with E-state index in [1.807, 2.05) is 12.1 Å². The van der Waals surface area contributed by atoms with Crippen LogP contribution in [0.1, 0.15) is 26.2 Å².